The van der Waals surface area contributed by atoms with Crippen molar-refractivity contribution in [3.05, 3.63) is 31.7 Å². The van der Waals surface area contributed by atoms with Crippen molar-refractivity contribution < 1.29 is 9.90 Å². The second-order valence-corrected chi connectivity index (χ2v) is 4.95. The standard InChI is InChI=1S/C10H8Cl4O2/c1-4(2-7(15)16)8-9(13)5(11)3-6(12)10(8)14/h3-4H,2H2,1H3,(H,15,16). The molecule has 1 aromatic rings. The van der Waals surface area contributed by atoms with Crippen molar-refractivity contribution in [1.82, 2.24) is 0 Å². The number of benzene rings is 1. The van der Waals surface area contributed by atoms with Crippen molar-refractivity contribution in [3.63, 3.8) is 0 Å². The number of aliphatic carboxylic acids is 1. The highest BCUT2D eigenvalue weighted by Gasteiger charge is 2.20. The number of rotatable bonds is 3. The number of carboxylic acid groups (broad SMARTS) is 1. The fourth-order valence-electron chi connectivity index (χ4n) is 1.39. The third kappa shape index (κ3) is 2.95. The Kier molecular flexibility index (Phi) is 4.74. The summed E-state index contributed by atoms with van der Waals surface area (Å²) < 4.78 is 0. The maximum atomic E-state index is 10.6. The Morgan fingerprint density at radius 2 is 1.69 bits per heavy atom. The zero-order valence-electron chi connectivity index (χ0n) is 8.23. The monoisotopic (exact) mass is 300 g/mol. The molecule has 16 heavy (non-hydrogen) atoms. The predicted octanol–water partition coefficient (Wildman–Crippen LogP) is 4.88. The molecular weight excluding hydrogens is 294 g/mol. The first-order valence-corrected chi connectivity index (χ1v) is 5.90. The van der Waals surface area contributed by atoms with Gasteiger partial charge in [-0.25, -0.2) is 0 Å². The summed E-state index contributed by atoms with van der Waals surface area (Å²) in [6.45, 7) is 1.70. The van der Waals surface area contributed by atoms with Gasteiger partial charge in [-0.3, -0.25) is 4.79 Å². The summed E-state index contributed by atoms with van der Waals surface area (Å²) in [4.78, 5) is 10.6. The highest BCUT2D eigenvalue weighted by atomic mass is 35.5. The molecule has 0 aromatic heterocycles. The lowest BCUT2D eigenvalue weighted by atomic mass is 9.97. The first-order chi connectivity index (χ1) is 7.34. The molecule has 0 radical (unpaired) electrons. The first kappa shape index (κ1) is 13.9. The SMILES string of the molecule is CC(CC(=O)O)c1c(Cl)c(Cl)cc(Cl)c1Cl. The van der Waals surface area contributed by atoms with E-state index in [1.54, 1.807) is 6.92 Å². The first-order valence-electron chi connectivity index (χ1n) is 4.39. The summed E-state index contributed by atoms with van der Waals surface area (Å²) in [5, 5.41) is 9.76. The van der Waals surface area contributed by atoms with E-state index in [9.17, 15) is 4.79 Å². The normalized spacial score (nSPS) is 12.6. The van der Waals surface area contributed by atoms with Gasteiger partial charge in [-0.2, -0.15) is 0 Å². The highest BCUT2D eigenvalue weighted by molar-refractivity contribution is 6.48. The van der Waals surface area contributed by atoms with Crippen molar-refractivity contribution in [3.8, 4) is 0 Å². The summed E-state index contributed by atoms with van der Waals surface area (Å²) >= 11 is 23.7. The number of carboxylic acids is 1. The molecule has 0 saturated carbocycles. The largest absolute Gasteiger partial charge is 0.481 e. The Morgan fingerprint density at radius 1 is 1.25 bits per heavy atom. The van der Waals surface area contributed by atoms with E-state index >= 15 is 0 Å². The summed E-state index contributed by atoms with van der Waals surface area (Å²) in [5.74, 6) is -1.29. The zero-order chi connectivity index (χ0) is 12.5. The van der Waals surface area contributed by atoms with Gasteiger partial charge in [0.15, 0.2) is 0 Å². The van der Waals surface area contributed by atoms with Crippen molar-refractivity contribution in [2.75, 3.05) is 0 Å². The lowest BCUT2D eigenvalue weighted by molar-refractivity contribution is -0.137. The fourth-order valence-corrected chi connectivity index (χ4v) is 2.58. The van der Waals surface area contributed by atoms with Crippen LogP contribution < -0.4 is 0 Å². The van der Waals surface area contributed by atoms with E-state index in [0.29, 0.717) is 5.56 Å². The van der Waals surface area contributed by atoms with Crippen molar-refractivity contribution in [2.45, 2.75) is 19.3 Å². The van der Waals surface area contributed by atoms with Crippen molar-refractivity contribution in [2.24, 2.45) is 0 Å². The van der Waals surface area contributed by atoms with Crippen LogP contribution in [0.15, 0.2) is 6.07 Å². The van der Waals surface area contributed by atoms with Crippen LogP contribution in [0, 0.1) is 0 Å². The topological polar surface area (TPSA) is 37.3 Å². The van der Waals surface area contributed by atoms with E-state index in [0.717, 1.165) is 0 Å². The third-order valence-corrected chi connectivity index (χ3v) is 3.72. The number of carbonyl (C=O) groups is 1. The van der Waals surface area contributed by atoms with E-state index in [1.165, 1.54) is 6.07 Å². The Bertz CT molecular complexity index is 405. The molecule has 0 spiro atoms. The molecule has 0 aliphatic heterocycles. The average Bonchev–Trinajstić information content (AvgIpc) is 2.14. The smallest absolute Gasteiger partial charge is 0.303 e. The average molecular weight is 302 g/mol. The quantitative estimate of drug-likeness (QED) is 0.808. The Labute approximate surface area is 113 Å². The lowest BCUT2D eigenvalue weighted by Crippen LogP contribution is -2.04. The predicted molar refractivity (Wildman–Crippen MR) is 67.1 cm³/mol. The number of halogens is 4. The minimum absolute atomic E-state index is 0.0872. The van der Waals surface area contributed by atoms with Crippen LogP contribution in [0.25, 0.3) is 0 Å². The molecule has 2 nitrogen and oxygen atoms in total. The van der Waals surface area contributed by atoms with Gasteiger partial charge in [0.25, 0.3) is 0 Å². The van der Waals surface area contributed by atoms with Crippen LogP contribution in [-0.4, -0.2) is 11.1 Å². The molecule has 0 saturated heterocycles. The van der Waals surface area contributed by atoms with Gasteiger partial charge >= 0.3 is 5.97 Å². The highest BCUT2D eigenvalue weighted by Crippen LogP contribution is 2.41. The van der Waals surface area contributed by atoms with Crippen LogP contribution >= 0.6 is 46.4 Å². The third-order valence-electron chi connectivity index (χ3n) is 2.12. The van der Waals surface area contributed by atoms with Gasteiger partial charge in [-0.1, -0.05) is 53.3 Å². The van der Waals surface area contributed by atoms with Gasteiger partial charge in [0.2, 0.25) is 0 Å². The Hall–Kier alpha value is -0.150. The van der Waals surface area contributed by atoms with Crippen molar-refractivity contribution in [1.29, 1.82) is 0 Å². The minimum Gasteiger partial charge on any atom is -0.481 e. The second kappa shape index (κ2) is 5.46. The van der Waals surface area contributed by atoms with Gasteiger partial charge < -0.3 is 5.11 Å². The summed E-state index contributed by atoms with van der Waals surface area (Å²) in [6.07, 6.45) is -0.0872. The lowest BCUT2D eigenvalue weighted by Gasteiger charge is -2.15. The molecule has 1 N–H and O–H groups in total. The molecule has 0 heterocycles. The van der Waals surface area contributed by atoms with Gasteiger partial charge in [0.1, 0.15) is 0 Å². The Balaban J connectivity index is 3.26. The molecule has 88 valence electrons. The van der Waals surface area contributed by atoms with Crippen LogP contribution in [0.1, 0.15) is 24.8 Å². The summed E-state index contributed by atoms with van der Waals surface area (Å²) in [6, 6.07) is 1.44. The van der Waals surface area contributed by atoms with Crippen LogP contribution in [0.4, 0.5) is 0 Å². The number of hydrogen-bond donors (Lipinski definition) is 1. The summed E-state index contributed by atoms with van der Waals surface area (Å²) in [7, 11) is 0. The van der Waals surface area contributed by atoms with Gasteiger partial charge in [0, 0.05) is 0 Å². The number of hydrogen-bond acceptors (Lipinski definition) is 1. The van der Waals surface area contributed by atoms with Crippen LogP contribution in [0.2, 0.25) is 20.1 Å². The molecular formula is C10H8Cl4O2. The molecule has 1 aromatic carbocycles. The zero-order valence-corrected chi connectivity index (χ0v) is 11.3. The van der Waals surface area contributed by atoms with Gasteiger partial charge in [-0.05, 0) is 17.5 Å². The van der Waals surface area contributed by atoms with E-state index in [4.69, 9.17) is 51.5 Å². The molecule has 0 aliphatic rings. The van der Waals surface area contributed by atoms with Crippen LogP contribution in [0.5, 0.6) is 0 Å². The maximum Gasteiger partial charge on any atom is 0.303 e. The van der Waals surface area contributed by atoms with Crippen LogP contribution in [0.3, 0.4) is 0 Å². The molecule has 0 aliphatic carbocycles. The minimum atomic E-state index is -0.935. The summed E-state index contributed by atoms with van der Waals surface area (Å²) in [5.41, 5.74) is 0.475. The van der Waals surface area contributed by atoms with E-state index in [1.807, 2.05) is 0 Å². The van der Waals surface area contributed by atoms with E-state index in [-0.39, 0.29) is 32.4 Å². The molecule has 1 unspecified atom stereocenters. The van der Waals surface area contributed by atoms with Crippen molar-refractivity contribution >= 4 is 52.4 Å². The molecule has 1 rings (SSSR count). The molecule has 6 heteroatoms. The van der Waals surface area contributed by atoms with Gasteiger partial charge in [-0.15, -0.1) is 0 Å². The van der Waals surface area contributed by atoms with E-state index in [2.05, 4.69) is 0 Å². The fraction of sp³-hybridized carbons (Fsp3) is 0.300. The van der Waals surface area contributed by atoms with E-state index < -0.39 is 5.97 Å². The second-order valence-electron chi connectivity index (χ2n) is 3.38. The Morgan fingerprint density at radius 3 is 2.06 bits per heavy atom. The van der Waals surface area contributed by atoms with Gasteiger partial charge in [0.05, 0.1) is 26.5 Å². The molecule has 1 atom stereocenters. The molecule has 0 amide bonds. The molecule has 0 fully saturated rings. The maximum absolute atomic E-state index is 10.6. The van der Waals surface area contributed by atoms with Crippen LogP contribution in [-0.2, 0) is 4.79 Å². The molecule has 0 bridgehead atoms.